The Morgan fingerprint density at radius 2 is 2.27 bits per heavy atom. The van der Waals surface area contributed by atoms with Crippen molar-refractivity contribution in [1.82, 2.24) is 10.2 Å². The van der Waals surface area contributed by atoms with E-state index in [1.165, 1.54) is 0 Å². The number of fused-ring (bicyclic) bond motifs is 1. The monoisotopic (exact) mass is 360 g/mol. The van der Waals surface area contributed by atoms with Gasteiger partial charge >= 0.3 is 0 Å². The van der Waals surface area contributed by atoms with Gasteiger partial charge < -0.3 is 19.7 Å². The van der Waals surface area contributed by atoms with Crippen molar-refractivity contribution in [3.63, 3.8) is 0 Å². The minimum absolute atomic E-state index is 0.0509. The van der Waals surface area contributed by atoms with Gasteiger partial charge in [-0.2, -0.15) is 0 Å². The second-order valence-electron chi connectivity index (χ2n) is 7.10. The summed E-state index contributed by atoms with van der Waals surface area (Å²) in [5.41, 5.74) is 1.15. The molecule has 1 atom stereocenters. The van der Waals surface area contributed by atoms with E-state index in [9.17, 15) is 9.59 Å². The summed E-state index contributed by atoms with van der Waals surface area (Å²) in [5, 5.41) is 3.01. The van der Waals surface area contributed by atoms with Crippen molar-refractivity contribution in [2.24, 2.45) is 5.92 Å². The van der Waals surface area contributed by atoms with Crippen LogP contribution in [0.15, 0.2) is 18.2 Å². The molecular formula is C20H28N2O4. The lowest BCUT2D eigenvalue weighted by Crippen LogP contribution is -2.37. The van der Waals surface area contributed by atoms with Crippen LogP contribution in [0, 0.1) is 5.92 Å². The zero-order chi connectivity index (χ0) is 18.4. The highest BCUT2D eigenvalue weighted by Gasteiger charge is 2.21. The molecule has 1 fully saturated rings. The molecule has 6 heteroatoms. The highest BCUT2D eigenvalue weighted by atomic mass is 16.5. The van der Waals surface area contributed by atoms with Gasteiger partial charge in [0.1, 0.15) is 11.5 Å². The first-order valence-corrected chi connectivity index (χ1v) is 9.50. The summed E-state index contributed by atoms with van der Waals surface area (Å²) in [5.74, 6) is 2.23. The number of carbonyl (C=O) groups is 2. The van der Waals surface area contributed by atoms with Crippen LogP contribution in [-0.4, -0.2) is 50.1 Å². The van der Waals surface area contributed by atoms with Gasteiger partial charge in [-0.15, -0.1) is 0 Å². The van der Waals surface area contributed by atoms with E-state index in [1.54, 1.807) is 7.11 Å². The molecule has 1 N–H and O–H groups in total. The number of piperidine rings is 1. The Kier molecular flexibility index (Phi) is 6.36. The number of hydrogen-bond acceptors (Lipinski definition) is 4. The molecule has 0 aromatic heterocycles. The molecule has 1 aromatic rings. The van der Waals surface area contributed by atoms with Crippen LogP contribution < -0.4 is 14.8 Å². The molecule has 142 valence electrons. The molecule has 2 aliphatic heterocycles. The fourth-order valence-electron chi connectivity index (χ4n) is 3.55. The van der Waals surface area contributed by atoms with E-state index in [2.05, 4.69) is 5.32 Å². The fourth-order valence-corrected chi connectivity index (χ4v) is 3.55. The molecule has 0 saturated carbocycles. The molecule has 1 aromatic carbocycles. The van der Waals surface area contributed by atoms with Gasteiger partial charge in [-0.25, -0.2) is 0 Å². The topological polar surface area (TPSA) is 67.9 Å². The minimum atomic E-state index is 0.0509. The summed E-state index contributed by atoms with van der Waals surface area (Å²) in [6.07, 6.45) is 4.80. The Morgan fingerprint density at radius 3 is 3.08 bits per heavy atom. The van der Waals surface area contributed by atoms with Gasteiger partial charge in [-0.05, 0) is 37.3 Å². The largest absolute Gasteiger partial charge is 0.497 e. The van der Waals surface area contributed by atoms with Gasteiger partial charge in [0.2, 0.25) is 11.8 Å². The number of likely N-dealkylation sites (tertiary alicyclic amines) is 1. The van der Waals surface area contributed by atoms with Gasteiger partial charge in [-0.1, -0.05) is 6.07 Å². The Morgan fingerprint density at radius 1 is 1.38 bits per heavy atom. The van der Waals surface area contributed by atoms with Crippen molar-refractivity contribution in [2.45, 2.75) is 38.5 Å². The summed E-state index contributed by atoms with van der Waals surface area (Å²) in [6, 6.07) is 5.87. The zero-order valence-electron chi connectivity index (χ0n) is 15.5. The van der Waals surface area contributed by atoms with Crippen LogP contribution >= 0.6 is 0 Å². The Balaban J connectivity index is 1.36. The Bertz CT molecular complexity index is 647. The number of nitrogens with one attached hydrogen (secondary N) is 1. The normalized spacial score (nSPS) is 19.5. The predicted molar refractivity (Wildman–Crippen MR) is 98.4 cm³/mol. The van der Waals surface area contributed by atoms with Gasteiger partial charge in [0.25, 0.3) is 0 Å². The summed E-state index contributed by atoms with van der Waals surface area (Å²) in [7, 11) is 1.64. The van der Waals surface area contributed by atoms with E-state index in [0.29, 0.717) is 32.5 Å². The van der Waals surface area contributed by atoms with Crippen LogP contribution in [0.1, 0.15) is 37.7 Å². The van der Waals surface area contributed by atoms with Crippen LogP contribution in [0.25, 0.3) is 0 Å². The molecule has 2 aliphatic rings. The summed E-state index contributed by atoms with van der Waals surface area (Å²) < 4.78 is 11.0. The summed E-state index contributed by atoms with van der Waals surface area (Å²) in [6.45, 7) is 2.74. The average molecular weight is 360 g/mol. The van der Waals surface area contributed by atoms with Crippen LogP contribution in [-0.2, 0) is 16.0 Å². The number of ether oxygens (including phenoxy) is 2. The maximum atomic E-state index is 12.1. The molecule has 0 unspecified atom stereocenters. The third kappa shape index (κ3) is 4.90. The van der Waals surface area contributed by atoms with E-state index >= 15 is 0 Å². The molecule has 6 nitrogen and oxygen atoms in total. The second-order valence-corrected chi connectivity index (χ2v) is 7.10. The number of benzene rings is 1. The molecular weight excluding hydrogens is 332 g/mol. The fraction of sp³-hybridized carbons (Fsp3) is 0.600. The van der Waals surface area contributed by atoms with Crippen LogP contribution in [0.5, 0.6) is 11.5 Å². The van der Waals surface area contributed by atoms with Gasteiger partial charge in [-0.3, -0.25) is 9.59 Å². The zero-order valence-corrected chi connectivity index (χ0v) is 15.5. The average Bonchev–Trinajstić information content (AvgIpc) is 2.67. The smallest absolute Gasteiger partial charge is 0.222 e. The van der Waals surface area contributed by atoms with Gasteiger partial charge in [0.05, 0.1) is 13.7 Å². The molecule has 0 bridgehead atoms. The molecule has 0 aliphatic carbocycles. The van der Waals surface area contributed by atoms with Crippen LogP contribution in [0.2, 0.25) is 0 Å². The number of amides is 2. The van der Waals surface area contributed by atoms with Crippen LogP contribution in [0.3, 0.4) is 0 Å². The highest BCUT2D eigenvalue weighted by molar-refractivity contribution is 5.77. The van der Waals surface area contributed by atoms with E-state index < -0.39 is 0 Å². The third-order valence-electron chi connectivity index (χ3n) is 5.10. The SMILES string of the molecule is COc1ccc2c(c1)OC[C@H](CNC(=O)CCCN1CCCCC1=O)C2. The molecule has 0 spiro atoms. The van der Waals surface area contributed by atoms with Crippen molar-refractivity contribution >= 4 is 11.8 Å². The van der Waals surface area contributed by atoms with E-state index in [1.807, 2.05) is 23.1 Å². The summed E-state index contributed by atoms with van der Waals surface area (Å²) in [4.78, 5) is 25.7. The first-order valence-electron chi connectivity index (χ1n) is 9.50. The van der Waals surface area contributed by atoms with Crippen molar-refractivity contribution in [2.75, 3.05) is 33.4 Å². The number of carbonyl (C=O) groups excluding carboxylic acids is 2. The lowest BCUT2D eigenvalue weighted by Gasteiger charge is -2.27. The number of nitrogens with zero attached hydrogens (tertiary/aromatic N) is 1. The molecule has 3 rings (SSSR count). The summed E-state index contributed by atoms with van der Waals surface area (Å²) >= 11 is 0. The Hall–Kier alpha value is -2.24. The first kappa shape index (κ1) is 18.5. The first-order chi connectivity index (χ1) is 12.7. The maximum Gasteiger partial charge on any atom is 0.222 e. The molecule has 26 heavy (non-hydrogen) atoms. The standard InChI is InChI=1S/C20H28N2O4/c1-25-17-8-7-16-11-15(14-26-18(16)12-17)13-21-19(23)5-4-10-22-9-3-2-6-20(22)24/h7-8,12,15H,2-6,9-11,13-14H2,1H3,(H,21,23)/t15-/m0/s1. The quantitative estimate of drug-likeness (QED) is 0.809. The van der Waals surface area contributed by atoms with Crippen molar-refractivity contribution in [1.29, 1.82) is 0 Å². The van der Waals surface area contributed by atoms with Crippen molar-refractivity contribution in [3.05, 3.63) is 23.8 Å². The molecule has 1 saturated heterocycles. The van der Waals surface area contributed by atoms with Crippen LogP contribution in [0.4, 0.5) is 0 Å². The van der Waals surface area contributed by atoms with Crippen molar-refractivity contribution in [3.8, 4) is 11.5 Å². The number of hydrogen-bond donors (Lipinski definition) is 1. The third-order valence-corrected chi connectivity index (χ3v) is 5.10. The lowest BCUT2D eigenvalue weighted by molar-refractivity contribution is -0.133. The molecule has 0 radical (unpaired) electrons. The van der Waals surface area contributed by atoms with Gasteiger partial charge in [0.15, 0.2) is 0 Å². The van der Waals surface area contributed by atoms with Crippen molar-refractivity contribution < 1.29 is 19.1 Å². The highest BCUT2D eigenvalue weighted by Crippen LogP contribution is 2.30. The predicted octanol–water partition coefficient (Wildman–Crippen LogP) is 2.16. The minimum Gasteiger partial charge on any atom is -0.497 e. The number of rotatable bonds is 7. The Labute approximate surface area is 154 Å². The van der Waals surface area contributed by atoms with E-state index in [4.69, 9.17) is 9.47 Å². The van der Waals surface area contributed by atoms with E-state index in [-0.39, 0.29) is 17.7 Å². The van der Waals surface area contributed by atoms with E-state index in [0.717, 1.165) is 49.3 Å². The molecule has 2 heterocycles. The number of methoxy groups -OCH3 is 1. The van der Waals surface area contributed by atoms with Gasteiger partial charge in [0, 0.05) is 44.5 Å². The maximum absolute atomic E-state index is 12.1. The lowest BCUT2D eigenvalue weighted by atomic mass is 9.96. The second kappa shape index (κ2) is 8.92. The molecule has 2 amide bonds.